The lowest BCUT2D eigenvalue weighted by Gasteiger charge is -2.09. The lowest BCUT2D eigenvalue weighted by molar-refractivity contribution is 0.395. The molecule has 0 saturated carbocycles. The first kappa shape index (κ1) is 12.0. The van der Waals surface area contributed by atoms with E-state index in [-0.39, 0.29) is 0 Å². The van der Waals surface area contributed by atoms with E-state index < -0.39 is 0 Å². The van der Waals surface area contributed by atoms with E-state index in [0.29, 0.717) is 0 Å². The average molecular weight is 203 g/mol. The number of hydrogen-bond donors (Lipinski definition) is 0. The summed E-state index contributed by atoms with van der Waals surface area (Å²) < 4.78 is 0. The molecule has 0 unspecified atom stereocenters. The molecule has 82 valence electrons. The van der Waals surface area contributed by atoms with Crippen molar-refractivity contribution in [3.63, 3.8) is 0 Å². The molecule has 0 aliphatic rings. The van der Waals surface area contributed by atoms with Crippen LogP contribution in [-0.4, -0.2) is 25.5 Å². The lowest BCUT2D eigenvalue weighted by Crippen LogP contribution is -2.12. The molecule has 0 N–H and O–H groups in total. The minimum absolute atomic E-state index is 1.11. The van der Waals surface area contributed by atoms with Gasteiger partial charge in [0.05, 0.1) is 0 Å². The predicted molar refractivity (Wildman–Crippen MR) is 67.9 cm³/mol. The van der Waals surface area contributed by atoms with Crippen molar-refractivity contribution in [2.45, 2.75) is 19.3 Å². The second kappa shape index (κ2) is 6.41. The molecule has 1 nitrogen and oxygen atoms in total. The third-order valence-corrected chi connectivity index (χ3v) is 2.52. The molecule has 1 aromatic rings. The van der Waals surface area contributed by atoms with Crippen molar-refractivity contribution in [2.75, 3.05) is 20.6 Å². The van der Waals surface area contributed by atoms with Gasteiger partial charge in [-0.25, -0.2) is 0 Å². The molecule has 0 saturated heterocycles. The first-order valence-electron chi connectivity index (χ1n) is 5.58. The molecule has 0 amide bonds. The molecule has 0 bridgehead atoms. The summed E-state index contributed by atoms with van der Waals surface area (Å²) in [6.07, 6.45) is 3.59. The van der Waals surface area contributed by atoms with Crippen molar-refractivity contribution in [3.05, 3.63) is 42.5 Å². The quantitative estimate of drug-likeness (QED) is 0.640. The summed E-state index contributed by atoms with van der Waals surface area (Å²) in [7, 11) is 4.23. The van der Waals surface area contributed by atoms with Gasteiger partial charge in [0.2, 0.25) is 0 Å². The van der Waals surface area contributed by atoms with E-state index in [0.717, 1.165) is 6.42 Å². The van der Waals surface area contributed by atoms with Crippen LogP contribution in [0, 0.1) is 0 Å². The van der Waals surface area contributed by atoms with Crippen LogP contribution in [0.3, 0.4) is 0 Å². The van der Waals surface area contributed by atoms with E-state index in [1.54, 1.807) is 0 Å². The van der Waals surface area contributed by atoms with E-state index in [9.17, 15) is 0 Å². The van der Waals surface area contributed by atoms with Gasteiger partial charge >= 0.3 is 0 Å². The van der Waals surface area contributed by atoms with E-state index >= 15 is 0 Å². The normalized spacial score (nSPS) is 10.6. The van der Waals surface area contributed by atoms with Crippen LogP contribution >= 0.6 is 0 Å². The minimum atomic E-state index is 1.11. The third-order valence-electron chi connectivity index (χ3n) is 2.52. The van der Waals surface area contributed by atoms with Crippen LogP contribution in [0.2, 0.25) is 0 Å². The Morgan fingerprint density at radius 2 is 1.80 bits per heavy atom. The molecule has 0 aromatic heterocycles. The summed E-state index contributed by atoms with van der Waals surface area (Å²) >= 11 is 0. The van der Waals surface area contributed by atoms with Gasteiger partial charge in [-0.2, -0.15) is 0 Å². The van der Waals surface area contributed by atoms with Gasteiger partial charge in [0.25, 0.3) is 0 Å². The van der Waals surface area contributed by atoms with Crippen LogP contribution in [0.1, 0.15) is 24.8 Å². The molecule has 0 aliphatic heterocycles. The average Bonchev–Trinajstić information content (AvgIpc) is 2.25. The van der Waals surface area contributed by atoms with Crippen LogP contribution in [-0.2, 0) is 0 Å². The Hall–Kier alpha value is -1.08. The molecule has 1 heteroatoms. The second-order valence-electron chi connectivity index (χ2n) is 4.23. The Balaban J connectivity index is 2.25. The third kappa shape index (κ3) is 4.80. The van der Waals surface area contributed by atoms with Crippen LogP contribution in [0.4, 0.5) is 0 Å². The van der Waals surface area contributed by atoms with E-state index in [4.69, 9.17) is 0 Å². The van der Waals surface area contributed by atoms with E-state index in [1.807, 2.05) is 6.07 Å². The summed E-state index contributed by atoms with van der Waals surface area (Å²) in [6, 6.07) is 10.5. The maximum atomic E-state index is 4.13. The summed E-state index contributed by atoms with van der Waals surface area (Å²) in [5.41, 5.74) is 2.54. The Morgan fingerprint density at radius 1 is 1.13 bits per heavy atom. The zero-order chi connectivity index (χ0) is 11.1. The predicted octanol–water partition coefficient (Wildman–Crippen LogP) is 3.43. The summed E-state index contributed by atoms with van der Waals surface area (Å²) in [6.45, 7) is 5.30. The van der Waals surface area contributed by atoms with Gasteiger partial charge in [0.15, 0.2) is 0 Å². The minimum Gasteiger partial charge on any atom is -0.309 e. The van der Waals surface area contributed by atoms with Crippen molar-refractivity contribution in [1.82, 2.24) is 4.90 Å². The first-order valence-corrected chi connectivity index (χ1v) is 5.58. The zero-order valence-corrected chi connectivity index (χ0v) is 9.87. The van der Waals surface area contributed by atoms with Crippen molar-refractivity contribution in [2.24, 2.45) is 0 Å². The number of hydrogen-bond acceptors (Lipinski definition) is 1. The Bertz CT molecular complexity index is 287. The molecule has 0 aliphatic carbocycles. The summed E-state index contributed by atoms with van der Waals surface area (Å²) in [4.78, 5) is 2.23. The van der Waals surface area contributed by atoms with Crippen LogP contribution in [0.25, 0.3) is 5.57 Å². The van der Waals surface area contributed by atoms with Gasteiger partial charge in [-0.3, -0.25) is 0 Å². The van der Waals surface area contributed by atoms with Gasteiger partial charge in [-0.1, -0.05) is 36.9 Å². The highest BCUT2D eigenvalue weighted by Gasteiger charge is 1.98. The number of rotatable bonds is 6. The van der Waals surface area contributed by atoms with Crippen LogP contribution in [0.15, 0.2) is 36.9 Å². The largest absolute Gasteiger partial charge is 0.309 e. The van der Waals surface area contributed by atoms with Gasteiger partial charge in [-0.15, -0.1) is 0 Å². The topological polar surface area (TPSA) is 3.24 Å². The second-order valence-corrected chi connectivity index (χ2v) is 4.23. The number of benzene rings is 1. The highest BCUT2D eigenvalue weighted by atomic mass is 15.0. The van der Waals surface area contributed by atoms with Crippen LogP contribution < -0.4 is 0 Å². The molecule has 15 heavy (non-hydrogen) atoms. The fourth-order valence-electron chi connectivity index (χ4n) is 1.58. The molecule has 0 heterocycles. The number of unbranched alkanes of at least 4 members (excludes halogenated alkanes) is 1. The Morgan fingerprint density at radius 3 is 2.40 bits per heavy atom. The number of nitrogens with zero attached hydrogens (tertiary/aromatic N) is 1. The van der Waals surface area contributed by atoms with Crippen molar-refractivity contribution < 1.29 is 0 Å². The molecule has 0 fully saturated rings. The lowest BCUT2D eigenvalue weighted by atomic mass is 10.0. The molecular weight excluding hydrogens is 182 g/mol. The molecule has 0 atom stereocenters. The standard InChI is InChI=1S/C14H21N/c1-13(9-7-8-12-15(2)3)14-10-5-4-6-11-14/h4-6,10-11H,1,7-9,12H2,2-3H3. The Kier molecular flexibility index (Phi) is 5.13. The van der Waals surface area contributed by atoms with Crippen molar-refractivity contribution >= 4 is 5.57 Å². The molecule has 0 radical (unpaired) electrons. The smallest absolute Gasteiger partial charge is 0.00247 e. The molecule has 1 aromatic carbocycles. The molecular formula is C14H21N. The summed E-state index contributed by atoms with van der Waals surface area (Å²) in [5.74, 6) is 0. The van der Waals surface area contributed by atoms with Crippen molar-refractivity contribution in [1.29, 1.82) is 0 Å². The SMILES string of the molecule is C=C(CCCCN(C)C)c1ccccc1. The fraction of sp³-hybridized carbons (Fsp3) is 0.429. The van der Waals surface area contributed by atoms with Gasteiger partial charge in [0, 0.05) is 0 Å². The fourth-order valence-corrected chi connectivity index (χ4v) is 1.58. The van der Waals surface area contributed by atoms with Gasteiger partial charge < -0.3 is 4.90 Å². The van der Waals surface area contributed by atoms with Crippen molar-refractivity contribution in [3.8, 4) is 0 Å². The van der Waals surface area contributed by atoms with Gasteiger partial charge in [0.1, 0.15) is 0 Å². The van der Waals surface area contributed by atoms with Crippen LogP contribution in [0.5, 0.6) is 0 Å². The Labute approximate surface area is 93.4 Å². The van der Waals surface area contributed by atoms with Gasteiger partial charge in [-0.05, 0) is 51.0 Å². The summed E-state index contributed by atoms with van der Waals surface area (Å²) in [5, 5.41) is 0. The first-order chi connectivity index (χ1) is 7.20. The highest BCUT2D eigenvalue weighted by Crippen LogP contribution is 2.17. The molecule has 0 spiro atoms. The molecule has 1 rings (SSSR count). The zero-order valence-electron chi connectivity index (χ0n) is 9.87. The maximum absolute atomic E-state index is 4.13. The number of allylic oxidation sites excluding steroid dienone is 1. The monoisotopic (exact) mass is 203 g/mol. The van der Waals surface area contributed by atoms with E-state index in [2.05, 4.69) is 49.8 Å². The highest BCUT2D eigenvalue weighted by molar-refractivity contribution is 5.62. The maximum Gasteiger partial charge on any atom is -0.00247 e. The van der Waals surface area contributed by atoms with E-state index in [1.165, 1.54) is 30.5 Å².